The number of aromatic nitrogens is 1. The number of nitrogens with zero attached hydrogens (tertiary/aromatic N) is 5. The van der Waals surface area contributed by atoms with Crippen molar-refractivity contribution in [3.63, 3.8) is 0 Å². The predicted molar refractivity (Wildman–Crippen MR) is 156 cm³/mol. The zero-order chi connectivity index (χ0) is 28.9. The number of fused-ring (bicyclic) bond motifs is 2. The van der Waals surface area contributed by atoms with Gasteiger partial charge in [0.15, 0.2) is 6.61 Å². The molecule has 0 fully saturated rings. The van der Waals surface area contributed by atoms with Crippen molar-refractivity contribution in [2.45, 2.75) is 20.8 Å². The molecule has 0 aliphatic carbocycles. The molecule has 10 nitrogen and oxygen atoms in total. The number of aliphatic imine (C=N–C) groups is 1. The lowest BCUT2D eigenvalue weighted by Crippen LogP contribution is -2.37. The SMILES string of the molecule is CC.CN=C/C(=C\N)c1cc2c(cc1C#N)N(c1cc(OCC(=O)O)cc3c1cc(C)c(=O)n3C)CCN2C. The first kappa shape index (κ1) is 28.8. The fraction of sp³-hybridized carbons (Fsp3) is 0.310. The molecule has 1 aliphatic heterocycles. The predicted octanol–water partition coefficient (Wildman–Crippen LogP) is 3.80. The number of carbonyl (C=O) groups is 1. The van der Waals surface area contributed by atoms with Crippen molar-refractivity contribution in [1.29, 1.82) is 5.26 Å². The molecule has 0 saturated carbocycles. The summed E-state index contributed by atoms with van der Waals surface area (Å²) in [6.07, 6.45) is 3.04. The Labute approximate surface area is 227 Å². The van der Waals surface area contributed by atoms with E-state index >= 15 is 0 Å². The first-order valence-corrected chi connectivity index (χ1v) is 12.6. The summed E-state index contributed by atoms with van der Waals surface area (Å²) in [5, 5.41) is 19.9. The van der Waals surface area contributed by atoms with Crippen molar-refractivity contribution in [2.75, 3.05) is 43.6 Å². The van der Waals surface area contributed by atoms with Gasteiger partial charge >= 0.3 is 5.97 Å². The summed E-state index contributed by atoms with van der Waals surface area (Å²) < 4.78 is 7.07. The average Bonchev–Trinajstić information content (AvgIpc) is 2.94. The molecule has 0 radical (unpaired) electrons. The van der Waals surface area contributed by atoms with Gasteiger partial charge in [-0.15, -0.1) is 0 Å². The van der Waals surface area contributed by atoms with Crippen LogP contribution in [0.15, 0.2) is 46.3 Å². The Morgan fingerprint density at radius 3 is 2.49 bits per heavy atom. The molecular weight excluding hydrogens is 496 g/mol. The Hall–Kier alpha value is -4.78. The van der Waals surface area contributed by atoms with Gasteiger partial charge in [0.1, 0.15) is 5.75 Å². The molecule has 4 rings (SSSR count). The number of benzene rings is 2. The number of pyridine rings is 1. The fourth-order valence-corrected chi connectivity index (χ4v) is 4.64. The van der Waals surface area contributed by atoms with Gasteiger partial charge in [-0.05, 0) is 25.1 Å². The van der Waals surface area contributed by atoms with Gasteiger partial charge in [-0.1, -0.05) is 13.8 Å². The number of rotatable bonds is 6. The largest absolute Gasteiger partial charge is 0.482 e. The summed E-state index contributed by atoms with van der Waals surface area (Å²) in [6, 6.07) is 11.3. The summed E-state index contributed by atoms with van der Waals surface area (Å²) >= 11 is 0. The molecule has 2 aromatic carbocycles. The van der Waals surface area contributed by atoms with Crippen LogP contribution in [0.2, 0.25) is 0 Å². The van der Waals surface area contributed by atoms with Gasteiger partial charge in [0.05, 0.1) is 34.2 Å². The lowest BCUT2D eigenvalue weighted by atomic mass is 9.97. The van der Waals surface area contributed by atoms with Crippen LogP contribution in [-0.2, 0) is 11.8 Å². The van der Waals surface area contributed by atoms with Crippen molar-refractivity contribution in [2.24, 2.45) is 17.8 Å². The number of aryl methyl sites for hydroxylation is 2. The summed E-state index contributed by atoms with van der Waals surface area (Å²) in [4.78, 5) is 32.1. The van der Waals surface area contributed by atoms with Gasteiger partial charge in [-0.25, -0.2) is 4.79 Å². The summed E-state index contributed by atoms with van der Waals surface area (Å²) in [7, 11) is 5.29. The third kappa shape index (κ3) is 5.57. The Kier molecular flexibility index (Phi) is 8.99. The highest BCUT2D eigenvalue weighted by Gasteiger charge is 2.27. The molecule has 39 heavy (non-hydrogen) atoms. The quantitative estimate of drug-likeness (QED) is 0.459. The standard InChI is InChI=1S/C27H28N6O4.C2H6/c1-16-7-21-22(32(4)27(16)36)9-19(37-15-26(34)35)10-23(21)33-6-5-31(3)24-11-20(18(13-29)14-30-2)17(12-28)8-25(24)33;1-2/h7-11,13-14H,5-6,15,29H2,1-4H3,(H,34,35);1-2H3/b18-13+,30-14?;. The smallest absolute Gasteiger partial charge is 0.341 e. The maximum atomic E-state index is 12.7. The molecule has 0 saturated heterocycles. The number of hydrogen-bond acceptors (Lipinski definition) is 8. The first-order valence-electron chi connectivity index (χ1n) is 12.6. The zero-order valence-corrected chi connectivity index (χ0v) is 23.1. The van der Waals surface area contributed by atoms with Crippen LogP contribution in [0.4, 0.5) is 17.1 Å². The van der Waals surface area contributed by atoms with Crippen LogP contribution in [0.25, 0.3) is 16.5 Å². The van der Waals surface area contributed by atoms with Crippen molar-refractivity contribution in [1.82, 2.24) is 4.57 Å². The number of carboxylic acids is 1. The highest BCUT2D eigenvalue weighted by atomic mass is 16.5. The van der Waals surface area contributed by atoms with Gasteiger partial charge < -0.3 is 29.9 Å². The van der Waals surface area contributed by atoms with Gasteiger partial charge in [-0.2, -0.15) is 5.26 Å². The molecule has 1 aromatic heterocycles. The molecule has 3 aromatic rings. The van der Waals surface area contributed by atoms with Crippen molar-refractivity contribution in [3.8, 4) is 11.8 Å². The maximum absolute atomic E-state index is 12.7. The Bertz CT molecular complexity index is 1560. The van der Waals surface area contributed by atoms with Crippen LogP contribution < -0.4 is 25.8 Å². The van der Waals surface area contributed by atoms with E-state index in [-0.39, 0.29) is 5.56 Å². The molecule has 0 unspecified atom stereocenters. The topological polar surface area (TPSA) is 137 Å². The number of nitrogens with two attached hydrogens (primary N) is 1. The minimum atomic E-state index is -1.10. The molecule has 204 valence electrons. The number of anilines is 3. The number of aliphatic carboxylic acids is 1. The zero-order valence-electron chi connectivity index (χ0n) is 23.1. The number of hydrogen-bond donors (Lipinski definition) is 2. The highest BCUT2D eigenvalue weighted by Crippen LogP contribution is 2.43. The normalized spacial score (nSPS) is 13.1. The second kappa shape index (κ2) is 12.2. The fourth-order valence-electron chi connectivity index (χ4n) is 4.64. The number of nitriles is 1. The summed E-state index contributed by atoms with van der Waals surface area (Å²) in [5.41, 5.74) is 11.0. The number of carboxylic acid groups (broad SMARTS) is 1. The molecule has 0 atom stereocenters. The van der Waals surface area contributed by atoms with Gasteiger partial charge in [-0.3, -0.25) is 9.79 Å². The minimum absolute atomic E-state index is 0.150. The third-order valence-electron chi connectivity index (χ3n) is 6.48. The van der Waals surface area contributed by atoms with Crippen molar-refractivity contribution >= 4 is 45.7 Å². The van der Waals surface area contributed by atoms with Crippen LogP contribution in [0.1, 0.15) is 30.5 Å². The van der Waals surface area contributed by atoms with E-state index in [0.29, 0.717) is 46.6 Å². The van der Waals surface area contributed by atoms with E-state index in [4.69, 9.17) is 15.6 Å². The van der Waals surface area contributed by atoms with E-state index in [1.54, 1.807) is 39.4 Å². The third-order valence-corrected chi connectivity index (χ3v) is 6.48. The van der Waals surface area contributed by atoms with Crippen LogP contribution in [0.3, 0.4) is 0 Å². The molecule has 2 heterocycles. The molecule has 10 heteroatoms. The Morgan fingerprint density at radius 2 is 1.87 bits per heavy atom. The van der Waals surface area contributed by atoms with Crippen LogP contribution >= 0.6 is 0 Å². The molecule has 3 N–H and O–H groups in total. The second-order valence-electron chi connectivity index (χ2n) is 8.83. The van der Waals surface area contributed by atoms with Gasteiger partial charge in [0, 0.05) is 80.9 Å². The molecular formula is C29H34N6O4. The van der Waals surface area contributed by atoms with Crippen LogP contribution in [0, 0.1) is 18.3 Å². The van der Waals surface area contributed by atoms with Crippen LogP contribution in [-0.4, -0.2) is 55.6 Å². The monoisotopic (exact) mass is 530 g/mol. The molecule has 0 bridgehead atoms. The first-order chi connectivity index (χ1) is 18.7. The average molecular weight is 531 g/mol. The Balaban J connectivity index is 0.00000205. The van der Waals surface area contributed by atoms with Crippen molar-refractivity contribution in [3.05, 3.63) is 63.6 Å². The lowest BCUT2D eigenvalue weighted by Gasteiger charge is -2.38. The van der Waals surface area contributed by atoms with E-state index in [0.717, 1.165) is 22.4 Å². The van der Waals surface area contributed by atoms with E-state index in [9.17, 15) is 14.9 Å². The molecule has 0 spiro atoms. The van der Waals surface area contributed by atoms with Gasteiger partial charge in [0.2, 0.25) is 0 Å². The molecule has 1 aliphatic rings. The van der Waals surface area contributed by atoms with E-state index < -0.39 is 12.6 Å². The number of ether oxygens (including phenoxy) is 1. The number of likely N-dealkylation sites (N-methyl/N-ethyl adjacent to an activating group) is 1. The minimum Gasteiger partial charge on any atom is -0.482 e. The maximum Gasteiger partial charge on any atom is 0.341 e. The van der Waals surface area contributed by atoms with E-state index in [1.807, 2.05) is 39.1 Å². The van der Waals surface area contributed by atoms with Crippen molar-refractivity contribution < 1.29 is 14.6 Å². The second-order valence-corrected chi connectivity index (χ2v) is 8.83. The van der Waals surface area contributed by atoms with Crippen LogP contribution in [0.5, 0.6) is 5.75 Å². The van der Waals surface area contributed by atoms with E-state index in [1.165, 1.54) is 10.8 Å². The summed E-state index contributed by atoms with van der Waals surface area (Å²) in [5.74, 6) is -0.774. The summed E-state index contributed by atoms with van der Waals surface area (Å²) in [6.45, 7) is 6.50. The highest BCUT2D eigenvalue weighted by molar-refractivity contribution is 6.11. The van der Waals surface area contributed by atoms with E-state index in [2.05, 4.69) is 20.9 Å². The lowest BCUT2D eigenvalue weighted by molar-refractivity contribution is -0.139. The van der Waals surface area contributed by atoms with Gasteiger partial charge in [0.25, 0.3) is 5.56 Å². The number of allylic oxidation sites excluding steroid dienone is 1. The Morgan fingerprint density at radius 1 is 1.15 bits per heavy atom. The molecule has 0 amide bonds.